The Hall–Kier alpha value is -0.0400. The Bertz CT molecular complexity index is 194. The summed E-state index contributed by atoms with van der Waals surface area (Å²) in [5.74, 6) is 0. The quantitative estimate of drug-likeness (QED) is 0.464. The summed E-state index contributed by atoms with van der Waals surface area (Å²) in [6.45, 7) is 5.81. The van der Waals surface area contributed by atoms with Gasteiger partial charge >= 0.3 is 0 Å². The molecule has 0 unspecified atom stereocenters. The summed E-state index contributed by atoms with van der Waals surface area (Å²) in [5, 5.41) is 3.90. The van der Waals surface area contributed by atoms with Crippen molar-refractivity contribution in [2.24, 2.45) is 0 Å². The van der Waals surface area contributed by atoms with E-state index in [1.807, 2.05) is 0 Å². The van der Waals surface area contributed by atoms with E-state index in [4.69, 9.17) is 0 Å². The third-order valence-electron chi connectivity index (χ3n) is 4.82. The van der Waals surface area contributed by atoms with Gasteiger partial charge in [-0.3, -0.25) is 0 Å². The fraction of sp³-hybridized carbons (Fsp3) is 1.00. The molecule has 0 aromatic carbocycles. The van der Waals surface area contributed by atoms with Crippen molar-refractivity contribution in [3.05, 3.63) is 0 Å². The number of nitrogens with one attached hydrogen (secondary N) is 1. The minimum absolute atomic E-state index is 0.525. The van der Waals surface area contributed by atoms with Crippen molar-refractivity contribution in [2.45, 2.75) is 109 Å². The standard InChI is InChI=1S/C18H37N/c1-3-5-6-7-8-9-11-14-18(19-17-4-2)15-12-10-13-16-18/h19H,3-17H2,1-2H3. The molecule has 0 heterocycles. The van der Waals surface area contributed by atoms with Gasteiger partial charge in [0.15, 0.2) is 0 Å². The molecular weight excluding hydrogens is 230 g/mol. The number of hydrogen-bond acceptors (Lipinski definition) is 1. The Morgan fingerprint density at radius 2 is 1.37 bits per heavy atom. The fourth-order valence-electron chi connectivity index (χ4n) is 3.55. The number of rotatable bonds is 11. The topological polar surface area (TPSA) is 12.0 Å². The van der Waals surface area contributed by atoms with E-state index in [0.29, 0.717) is 5.54 Å². The molecule has 0 aliphatic heterocycles. The maximum absolute atomic E-state index is 3.90. The second-order valence-electron chi connectivity index (χ2n) is 6.64. The van der Waals surface area contributed by atoms with Crippen molar-refractivity contribution in [3.8, 4) is 0 Å². The molecule has 114 valence electrons. The van der Waals surface area contributed by atoms with Crippen LogP contribution < -0.4 is 5.32 Å². The van der Waals surface area contributed by atoms with Gasteiger partial charge in [-0.1, -0.05) is 78.1 Å². The van der Waals surface area contributed by atoms with Gasteiger partial charge in [-0.2, -0.15) is 0 Å². The SMILES string of the molecule is CCCCCCCCCC1(NCCC)CCCCC1. The first-order chi connectivity index (χ1) is 9.33. The van der Waals surface area contributed by atoms with Gasteiger partial charge < -0.3 is 5.32 Å². The third kappa shape index (κ3) is 7.34. The second kappa shape index (κ2) is 10.7. The van der Waals surface area contributed by atoms with E-state index in [2.05, 4.69) is 19.2 Å². The zero-order chi connectivity index (χ0) is 13.8. The Balaban J connectivity index is 2.14. The van der Waals surface area contributed by atoms with E-state index in [-0.39, 0.29) is 0 Å². The first kappa shape index (κ1) is 17.0. The first-order valence-electron chi connectivity index (χ1n) is 9.08. The van der Waals surface area contributed by atoms with Crippen LogP contribution in [0.2, 0.25) is 0 Å². The van der Waals surface area contributed by atoms with Crippen LogP contribution in [0.25, 0.3) is 0 Å². The summed E-state index contributed by atoms with van der Waals surface area (Å²) in [5.41, 5.74) is 0.525. The monoisotopic (exact) mass is 267 g/mol. The van der Waals surface area contributed by atoms with Crippen LogP contribution in [0.5, 0.6) is 0 Å². The van der Waals surface area contributed by atoms with Gasteiger partial charge in [0.05, 0.1) is 0 Å². The molecule has 1 fully saturated rings. The highest BCUT2D eigenvalue weighted by Gasteiger charge is 2.30. The molecule has 0 bridgehead atoms. The van der Waals surface area contributed by atoms with E-state index in [1.54, 1.807) is 0 Å². The molecule has 19 heavy (non-hydrogen) atoms. The second-order valence-corrected chi connectivity index (χ2v) is 6.64. The van der Waals surface area contributed by atoms with Crippen molar-refractivity contribution in [1.29, 1.82) is 0 Å². The van der Waals surface area contributed by atoms with Crippen molar-refractivity contribution < 1.29 is 0 Å². The highest BCUT2D eigenvalue weighted by Crippen LogP contribution is 2.32. The van der Waals surface area contributed by atoms with Gasteiger partial charge in [0.1, 0.15) is 0 Å². The summed E-state index contributed by atoms with van der Waals surface area (Å²) in [6.07, 6.45) is 20.0. The molecule has 0 aromatic heterocycles. The molecule has 0 atom stereocenters. The molecule has 1 saturated carbocycles. The van der Waals surface area contributed by atoms with Crippen LogP contribution in [0.3, 0.4) is 0 Å². The van der Waals surface area contributed by atoms with E-state index < -0.39 is 0 Å². The summed E-state index contributed by atoms with van der Waals surface area (Å²) in [4.78, 5) is 0. The first-order valence-corrected chi connectivity index (χ1v) is 9.08. The molecule has 1 aliphatic rings. The molecule has 0 saturated heterocycles. The molecule has 0 radical (unpaired) electrons. The summed E-state index contributed by atoms with van der Waals surface area (Å²) in [7, 11) is 0. The Morgan fingerprint density at radius 3 is 2.00 bits per heavy atom. The van der Waals surface area contributed by atoms with Crippen molar-refractivity contribution in [2.75, 3.05) is 6.54 Å². The molecule has 0 aromatic rings. The van der Waals surface area contributed by atoms with Crippen LogP contribution in [-0.2, 0) is 0 Å². The highest BCUT2D eigenvalue weighted by atomic mass is 15.0. The maximum Gasteiger partial charge on any atom is 0.0181 e. The zero-order valence-corrected chi connectivity index (χ0v) is 13.6. The Morgan fingerprint density at radius 1 is 0.737 bits per heavy atom. The molecule has 1 N–H and O–H groups in total. The average Bonchev–Trinajstić information content (AvgIpc) is 2.45. The summed E-state index contributed by atoms with van der Waals surface area (Å²) < 4.78 is 0. The lowest BCUT2D eigenvalue weighted by molar-refractivity contribution is 0.210. The summed E-state index contributed by atoms with van der Waals surface area (Å²) in [6, 6.07) is 0. The minimum atomic E-state index is 0.525. The Labute approximate surface area is 121 Å². The maximum atomic E-state index is 3.90. The predicted octanol–water partition coefficient (Wildman–Crippen LogP) is 5.83. The lowest BCUT2D eigenvalue weighted by atomic mass is 9.78. The Kier molecular flexibility index (Phi) is 9.59. The van der Waals surface area contributed by atoms with Crippen molar-refractivity contribution in [1.82, 2.24) is 5.32 Å². The van der Waals surface area contributed by atoms with Gasteiger partial charge in [0.25, 0.3) is 0 Å². The van der Waals surface area contributed by atoms with Crippen LogP contribution in [0.15, 0.2) is 0 Å². The minimum Gasteiger partial charge on any atom is -0.311 e. The lowest BCUT2D eigenvalue weighted by Crippen LogP contribution is -2.47. The van der Waals surface area contributed by atoms with Gasteiger partial charge in [-0.15, -0.1) is 0 Å². The van der Waals surface area contributed by atoms with Crippen LogP contribution in [0, 0.1) is 0 Å². The van der Waals surface area contributed by atoms with Gasteiger partial charge in [0.2, 0.25) is 0 Å². The van der Waals surface area contributed by atoms with Gasteiger partial charge in [-0.05, 0) is 32.2 Å². The summed E-state index contributed by atoms with van der Waals surface area (Å²) >= 11 is 0. The zero-order valence-electron chi connectivity index (χ0n) is 13.6. The molecule has 0 spiro atoms. The molecule has 1 aliphatic carbocycles. The van der Waals surface area contributed by atoms with E-state index in [9.17, 15) is 0 Å². The van der Waals surface area contributed by atoms with Gasteiger partial charge in [0, 0.05) is 5.54 Å². The third-order valence-corrected chi connectivity index (χ3v) is 4.82. The molecule has 0 amide bonds. The fourth-order valence-corrected chi connectivity index (χ4v) is 3.55. The van der Waals surface area contributed by atoms with Crippen molar-refractivity contribution >= 4 is 0 Å². The number of hydrogen-bond donors (Lipinski definition) is 1. The predicted molar refractivity (Wildman–Crippen MR) is 86.7 cm³/mol. The smallest absolute Gasteiger partial charge is 0.0181 e. The van der Waals surface area contributed by atoms with Crippen LogP contribution >= 0.6 is 0 Å². The highest BCUT2D eigenvalue weighted by molar-refractivity contribution is 4.90. The molecular formula is C18H37N. The van der Waals surface area contributed by atoms with E-state index >= 15 is 0 Å². The normalized spacial score (nSPS) is 18.6. The molecule has 1 heteroatoms. The molecule has 1 nitrogen and oxygen atoms in total. The van der Waals surface area contributed by atoms with Gasteiger partial charge in [-0.25, -0.2) is 0 Å². The van der Waals surface area contributed by atoms with Crippen LogP contribution in [0.1, 0.15) is 104 Å². The molecule has 1 rings (SSSR count). The van der Waals surface area contributed by atoms with Crippen LogP contribution in [-0.4, -0.2) is 12.1 Å². The lowest BCUT2D eigenvalue weighted by Gasteiger charge is -2.39. The average molecular weight is 268 g/mol. The van der Waals surface area contributed by atoms with E-state index in [0.717, 1.165) is 0 Å². The van der Waals surface area contributed by atoms with Crippen molar-refractivity contribution in [3.63, 3.8) is 0 Å². The van der Waals surface area contributed by atoms with Crippen LogP contribution in [0.4, 0.5) is 0 Å². The largest absolute Gasteiger partial charge is 0.311 e. The number of unbranched alkanes of at least 4 members (excludes halogenated alkanes) is 6. The van der Waals surface area contributed by atoms with E-state index in [1.165, 1.54) is 96.4 Å².